The highest BCUT2D eigenvalue weighted by atomic mass is 16.5. The van der Waals surface area contributed by atoms with Gasteiger partial charge in [0.2, 0.25) is 0 Å². The Balaban J connectivity index is 2.02. The van der Waals surface area contributed by atoms with Crippen molar-refractivity contribution in [3.63, 3.8) is 0 Å². The Kier molecular flexibility index (Phi) is 3.65. The van der Waals surface area contributed by atoms with Gasteiger partial charge in [0.05, 0.1) is 18.0 Å². The largest absolute Gasteiger partial charge is 0.526 e. The maximum atomic E-state index is 9.22. The van der Waals surface area contributed by atoms with Crippen LogP contribution in [0.2, 0.25) is 0 Å². The zero-order valence-corrected chi connectivity index (χ0v) is 11.3. The van der Waals surface area contributed by atoms with Gasteiger partial charge in [-0.05, 0) is 25.0 Å². The highest BCUT2D eigenvalue weighted by molar-refractivity contribution is 6.57. The molecule has 2 aromatic heterocycles. The molecule has 0 radical (unpaired) electrons. The SMILES string of the molecule is COC[C@H]1CCCN1c1nccc2oc(B(O)O)cc12. The van der Waals surface area contributed by atoms with Gasteiger partial charge < -0.3 is 24.1 Å². The lowest BCUT2D eigenvalue weighted by Crippen LogP contribution is -2.33. The minimum atomic E-state index is -1.61. The monoisotopic (exact) mass is 276 g/mol. The fourth-order valence-corrected chi connectivity index (χ4v) is 2.80. The summed E-state index contributed by atoms with van der Waals surface area (Å²) in [6, 6.07) is 3.67. The number of ether oxygens (including phenoxy) is 1. The third-order valence-corrected chi connectivity index (χ3v) is 3.71. The van der Waals surface area contributed by atoms with E-state index >= 15 is 0 Å². The lowest BCUT2D eigenvalue weighted by atomic mass is 9.88. The van der Waals surface area contributed by atoms with E-state index in [-0.39, 0.29) is 5.66 Å². The smallest absolute Gasteiger partial charge is 0.464 e. The van der Waals surface area contributed by atoms with Crippen molar-refractivity contribution in [2.45, 2.75) is 18.9 Å². The Morgan fingerprint density at radius 3 is 3.15 bits per heavy atom. The summed E-state index contributed by atoms with van der Waals surface area (Å²) in [4.78, 5) is 6.64. The molecule has 6 nitrogen and oxygen atoms in total. The first-order valence-electron chi connectivity index (χ1n) is 6.71. The van der Waals surface area contributed by atoms with Crippen LogP contribution in [0, 0.1) is 0 Å². The van der Waals surface area contributed by atoms with Gasteiger partial charge in [0.25, 0.3) is 0 Å². The molecule has 3 rings (SSSR count). The van der Waals surface area contributed by atoms with Crippen LogP contribution in [-0.4, -0.2) is 48.5 Å². The molecule has 1 fully saturated rings. The van der Waals surface area contributed by atoms with E-state index in [1.54, 1.807) is 25.4 Å². The maximum absolute atomic E-state index is 9.22. The van der Waals surface area contributed by atoms with Crippen molar-refractivity contribution < 1.29 is 19.2 Å². The molecule has 3 heterocycles. The number of hydrogen-bond donors (Lipinski definition) is 2. The van der Waals surface area contributed by atoms with Crippen LogP contribution in [0.15, 0.2) is 22.7 Å². The van der Waals surface area contributed by atoms with Crippen molar-refractivity contribution in [1.29, 1.82) is 0 Å². The van der Waals surface area contributed by atoms with Crippen molar-refractivity contribution >= 4 is 29.6 Å². The minimum Gasteiger partial charge on any atom is -0.464 e. The molecule has 7 heteroatoms. The number of fused-ring (bicyclic) bond motifs is 1. The third kappa shape index (κ3) is 2.28. The molecule has 0 aromatic carbocycles. The zero-order chi connectivity index (χ0) is 14.1. The molecule has 2 N–H and O–H groups in total. The predicted molar refractivity (Wildman–Crippen MR) is 76.1 cm³/mol. The van der Waals surface area contributed by atoms with Crippen LogP contribution in [0.4, 0.5) is 5.82 Å². The molecule has 1 saturated heterocycles. The first-order chi connectivity index (χ1) is 9.70. The van der Waals surface area contributed by atoms with Gasteiger partial charge in [-0.15, -0.1) is 0 Å². The molecule has 1 atom stereocenters. The topological polar surface area (TPSA) is 79.0 Å². The van der Waals surface area contributed by atoms with Gasteiger partial charge in [-0.25, -0.2) is 4.98 Å². The van der Waals surface area contributed by atoms with E-state index < -0.39 is 7.12 Å². The van der Waals surface area contributed by atoms with E-state index in [2.05, 4.69) is 9.88 Å². The summed E-state index contributed by atoms with van der Waals surface area (Å²) in [5.41, 5.74) is 0.748. The van der Waals surface area contributed by atoms with Crippen molar-refractivity contribution in [3.8, 4) is 0 Å². The second-order valence-electron chi connectivity index (χ2n) is 5.01. The first kappa shape index (κ1) is 13.4. The Morgan fingerprint density at radius 1 is 1.55 bits per heavy atom. The number of methoxy groups -OCH3 is 1. The molecular formula is C13H17BN2O4. The van der Waals surface area contributed by atoms with E-state index in [1.165, 1.54) is 0 Å². The summed E-state index contributed by atoms with van der Waals surface area (Å²) >= 11 is 0. The van der Waals surface area contributed by atoms with Crippen LogP contribution in [-0.2, 0) is 4.74 Å². The summed E-state index contributed by atoms with van der Waals surface area (Å²) in [6.45, 7) is 1.58. The van der Waals surface area contributed by atoms with E-state index in [0.717, 1.165) is 30.6 Å². The van der Waals surface area contributed by atoms with Gasteiger partial charge in [0.15, 0.2) is 0 Å². The molecule has 0 saturated carbocycles. The Labute approximate surface area is 117 Å². The molecule has 0 unspecified atom stereocenters. The fourth-order valence-electron chi connectivity index (χ4n) is 2.80. The van der Waals surface area contributed by atoms with Crippen molar-refractivity contribution in [2.24, 2.45) is 0 Å². The number of furan rings is 1. The summed E-state index contributed by atoms with van der Waals surface area (Å²) < 4.78 is 10.7. The summed E-state index contributed by atoms with van der Waals surface area (Å²) in [5, 5.41) is 19.3. The van der Waals surface area contributed by atoms with E-state index in [4.69, 9.17) is 9.15 Å². The van der Waals surface area contributed by atoms with Gasteiger partial charge in [-0.3, -0.25) is 0 Å². The Morgan fingerprint density at radius 2 is 2.40 bits per heavy atom. The van der Waals surface area contributed by atoms with Crippen LogP contribution in [0.3, 0.4) is 0 Å². The lowest BCUT2D eigenvalue weighted by molar-refractivity contribution is 0.180. The normalized spacial score (nSPS) is 18.9. The highest BCUT2D eigenvalue weighted by Crippen LogP contribution is 2.30. The van der Waals surface area contributed by atoms with E-state index in [9.17, 15) is 10.0 Å². The lowest BCUT2D eigenvalue weighted by Gasteiger charge is -2.25. The van der Waals surface area contributed by atoms with Gasteiger partial charge in [-0.1, -0.05) is 0 Å². The molecule has 20 heavy (non-hydrogen) atoms. The third-order valence-electron chi connectivity index (χ3n) is 3.71. The molecule has 1 aliphatic heterocycles. The maximum Gasteiger partial charge on any atom is 0.526 e. The molecule has 106 valence electrons. The summed E-state index contributed by atoms with van der Waals surface area (Å²) in [5.74, 6) is 0.817. The van der Waals surface area contributed by atoms with E-state index in [1.807, 2.05) is 0 Å². The van der Waals surface area contributed by atoms with Crippen LogP contribution in [0.25, 0.3) is 11.0 Å². The van der Waals surface area contributed by atoms with Crippen molar-refractivity contribution in [1.82, 2.24) is 4.98 Å². The molecule has 0 aliphatic carbocycles. The quantitative estimate of drug-likeness (QED) is 0.772. The number of pyridine rings is 1. The molecule has 1 aliphatic rings. The van der Waals surface area contributed by atoms with Crippen molar-refractivity contribution in [3.05, 3.63) is 18.3 Å². The average Bonchev–Trinajstić information content (AvgIpc) is 3.04. The zero-order valence-electron chi connectivity index (χ0n) is 11.3. The molecule has 0 spiro atoms. The van der Waals surface area contributed by atoms with Crippen LogP contribution >= 0.6 is 0 Å². The predicted octanol–water partition coefficient (Wildman–Crippen LogP) is 0.123. The second-order valence-corrected chi connectivity index (χ2v) is 5.01. The number of hydrogen-bond acceptors (Lipinski definition) is 6. The van der Waals surface area contributed by atoms with Gasteiger partial charge in [0.1, 0.15) is 17.1 Å². The van der Waals surface area contributed by atoms with Gasteiger partial charge in [0, 0.05) is 19.9 Å². The average molecular weight is 276 g/mol. The summed E-state index contributed by atoms with van der Waals surface area (Å²) in [7, 11) is 0.0892. The second kappa shape index (κ2) is 5.44. The van der Waals surface area contributed by atoms with E-state index in [0.29, 0.717) is 18.2 Å². The van der Waals surface area contributed by atoms with Gasteiger partial charge >= 0.3 is 7.12 Å². The first-order valence-corrected chi connectivity index (χ1v) is 6.71. The van der Waals surface area contributed by atoms with Crippen molar-refractivity contribution in [2.75, 3.05) is 25.2 Å². The number of anilines is 1. The van der Waals surface area contributed by atoms with Gasteiger partial charge in [-0.2, -0.15) is 0 Å². The van der Waals surface area contributed by atoms with Crippen LogP contribution in [0.1, 0.15) is 12.8 Å². The highest BCUT2D eigenvalue weighted by Gasteiger charge is 2.28. The summed E-state index contributed by atoms with van der Waals surface area (Å²) in [6.07, 6.45) is 3.84. The Hall–Kier alpha value is -1.57. The van der Waals surface area contributed by atoms with Crippen LogP contribution < -0.4 is 10.6 Å². The molecule has 0 bridgehead atoms. The molecule has 2 aromatic rings. The minimum absolute atomic E-state index is 0.136. The fraction of sp³-hybridized carbons (Fsp3) is 0.462. The van der Waals surface area contributed by atoms with Crippen LogP contribution in [0.5, 0.6) is 0 Å². The standard InChI is InChI=1S/C13H17BN2O4/c1-19-8-9-3-2-6-16(9)13-10-7-12(14(17)18)20-11(10)4-5-15-13/h4-5,7,9,17-18H,2-3,6,8H2,1H3/t9-/m1/s1. The number of nitrogens with zero attached hydrogens (tertiary/aromatic N) is 2. The molecular weight excluding hydrogens is 259 g/mol. The number of aromatic nitrogens is 1. The number of rotatable bonds is 4. The molecule has 0 amide bonds. The Bertz CT molecular complexity index is 601.